The molecule has 0 radical (unpaired) electrons. The normalized spacial score (nSPS) is 24.6. The first kappa shape index (κ1) is 14.5. The van der Waals surface area contributed by atoms with Crippen molar-refractivity contribution >= 4 is 5.97 Å². The van der Waals surface area contributed by atoms with Crippen LogP contribution in [0.2, 0.25) is 0 Å². The van der Waals surface area contributed by atoms with Gasteiger partial charge in [0, 0.05) is 19.8 Å². The Morgan fingerprint density at radius 1 is 1.18 bits per heavy atom. The monoisotopic (exact) mass is 244 g/mol. The summed E-state index contributed by atoms with van der Waals surface area (Å²) >= 11 is 0. The summed E-state index contributed by atoms with van der Waals surface area (Å²) in [5.41, 5.74) is 0. The number of rotatable bonds is 7. The van der Waals surface area contributed by atoms with E-state index in [1.807, 2.05) is 6.92 Å². The van der Waals surface area contributed by atoms with Gasteiger partial charge in [-0.25, -0.2) is 0 Å². The van der Waals surface area contributed by atoms with Crippen LogP contribution in [0.4, 0.5) is 0 Å². The zero-order chi connectivity index (χ0) is 12.5. The van der Waals surface area contributed by atoms with Crippen LogP contribution in [0.1, 0.15) is 39.0 Å². The van der Waals surface area contributed by atoms with E-state index in [-0.39, 0.29) is 11.9 Å². The molecule has 0 saturated heterocycles. The van der Waals surface area contributed by atoms with E-state index >= 15 is 0 Å². The number of carbonyl (C=O) groups excluding carboxylic acids is 1. The maximum atomic E-state index is 11.3. The van der Waals surface area contributed by atoms with Crippen LogP contribution in [0.25, 0.3) is 0 Å². The standard InChI is InChI=1S/C13H24O4/c1-3-16-9-4-10-17-12-7-5-11(6-8-12)13(14)15-2/h11-12H,3-10H2,1-2H3. The van der Waals surface area contributed by atoms with E-state index in [2.05, 4.69) is 0 Å². The second-order valence-corrected chi connectivity index (χ2v) is 4.42. The van der Waals surface area contributed by atoms with Gasteiger partial charge in [-0.2, -0.15) is 0 Å². The molecule has 1 fully saturated rings. The molecule has 1 rings (SSSR count). The van der Waals surface area contributed by atoms with Crippen LogP contribution in [0.5, 0.6) is 0 Å². The molecule has 4 heteroatoms. The van der Waals surface area contributed by atoms with Gasteiger partial charge in [0.2, 0.25) is 0 Å². The van der Waals surface area contributed by atoms with Crippen LogP contribution in [-0.4, -0.2) is 39.0 Å². The van der Waals surface area contributed by atoms with Crippen LogP contribution in [0.3, 0.4) is 0 Å². The van der Waals surface area contributed by atoms with Crippen molar-refractivity contribution in [2.24, 2.45) is 5.92 Å². The highest BCUT2D eigenvalue weighted by molar-refractivity contribution is 5.72. The average molecular weight is 244 g/mol. The van der Waals surface area contributed by atoms with Gasteiger partial charge in [-0.05, 0) is 39.0 Å². The van der Waals surface area contributed by atoms with E-state index in [4.69, 9.17) is 14.2 Å². The van der Waals surface area contributed by atoms with Crippen molar-refractivity contribution in [1.82, 2.24) is 0 Å². The molecule has 4 nitrogen and oxygen atoms in total. The first-order chi connectivity index (χ1) is 8.27. The van der Waals surface area contributed by atoms with Crippen molar-refractivity contribution in [2.45, 2.75) is 45.1 Å². The Balaban J connectivity index is 2.05. The molecule has 1 aliphatic rings. The van der Waals surface area contributed by atoms with Crippen molar-refractivity contribution in [3.8, 4) is 0 Å². The van der Waals surface area contributed by atoms with E-state index < -0.39 is 0 Å². The maximum absolute atomic E-state index is 11.3. The predicted molar refractivity (Wildman–Crippen MR) is 64.8 cm³/mol. The lowest BCUT2D eigenvalue weighted by Crippen LogP contribution is -2.27. The Hall–Kier alpha value is -0.610. The van der Waals surface area contributed by atoms with Gasteiger partial charge in [-0.15, -0.1) is 0 Å². The van der Waals surface area contributed by atoms with Crippen LogP contribution in [0, 0.1) is 5.92 Å². The van der Waals surface area contributed by atoms with Gasteiger partial charge < -0.3 is 14.2 Å². The minimum Gasteiger partial charge on any atom is -0.469 e. The number of ether oxygens (including phenoxy) is 3. The second kappa shape index (κ2) is 8.48. The van der Waals surface area contributed by atoms with Gasteiger partial charge >= 0.3 is 5.97 Å². The lowest BCUT2D eigenvalue weighted by molar-refractivity contribution is -0.147. The minimum atomic E-state index is -0.0696. The predicted octanol–water partition coefficient (Wildman–Crippen LogP) is 2.16. The lowest BCUT2D eigenvalue weighted by Gasteiger charge is -2.26. The number of methoxy groups -OCH3 is 1. The molecule has 0 atom stereocenters. The van der Waals surface area contributed by atoms with Crippen LogP contribution >= 0.6 is 0 Å². The summed E-state index contributed by atoms with van der Waals surface area (Å²) < 4.78 is 15.8. The highest BCUT2D eigenvalue weighted by atomic mass is 16.5. The number of hydrogen-bond acceptors (Lipinski definition) is 4. The SMILES string of the molecule is CCOCCCOC1CCC(C(=O)OC)CC1. The van der Waals surface area contributed by atoms with Crippen LogP contribution < -0.4 is 0 Å². The molecule has 100 valence electrons. The number of carbonyl (C=O) groups is 1. The van der Waals surface area contributed by atoms with Gasteiger partial charge in [0.25, 0.3) is 0 Å². The van der Waals surface area contributed by atoms with Crippen molar-refractivity contribution < 1.29 is 19.0 Å². The van der Waals surface area contributed by atoms with E-state index in [1.165, 1.54) is 7.11 Å². The molecule has 0 aromatic heterocycles. The zero-order valence-corrected chi connectivity index (χ0v) is 10.9. The molecular formula is C13H24O4. The summed E-state index contributed by atoms with van der Waals surface area (Å²) in [5, 5.41) is 0. The Morgan fingerprint density at radius 3 is 2.47 bits per heavy atom. The molecule has 0 amide bonds. The summed E-state index contributed by atoms with van der Waals surface area (Å²) in [6.07, 6.45) is 4.98. The fourth-order valence-corrected chi connectivity index (χ4v) is 2.19. The Labute approximate surface area is 104 Å². The van der Waals surface area contributed by atoms with E-state index in [9.17, 15) is 4.79 Å². The Kier molecular flexibility index (Phi) is 7.21. The fourth-order valence-electron chi connectivity index (χ4n) is 2.19. The molecule has 0 bridgehead atoms. The number of esters is 1. The molecule has 1 saturated carbocycles. The third-order valence-corrected chi connectivity index (χ3v) is 3.20. The van der Waals surface area contributed by atoms with Crippen LogP contribution in [0.15, 0.2) is 0 Å². The third kappa shape index (κ3) is 5.50. The summed E-state index contributed by atoms with van der Waals surface area (Å²) in [6, 6.07) is 0. The molecule has 0 N–H and O–H groups in total. The molecule has 17 heavy (non-hydrogen) atoms. The molecule has 0 unspecified atom stereocenters. The zero-order valence-electron chi connectivity index (χ0n) is 10.9. The molecule has 0 aromatic carbocycles. The molecule has 0 heterocycles. The van der Waals surface area contributed by atoms with E-state index in [0.29, 0.717) is 6.10 Å². The highest BCUT2D eigenvalue weighted by Gasteiger charge is 2.26. The quantitative estimate of drug-likeness (QED) is 0.508. The smallest absolute Gasteiger partial charge is 0.308 e. The maximum Gasteiger partial charge on any atom is 0.308 e. The molecular weight excluding hydrogens is 220 g/mol. The Bertz CT molecular complexity index is 209. The third-order valence-electron chi connectivity index (χ3n) is 3.20. The largest absolute Gasteiger partial charge is 0.469 e. The van der Waals surface area contributed by atoms with Crippen molar-refractivity contribution in [1.29, 1.82) is 0 Å². The van der Waals surface area contributed by atoms with Gasteiger partial charge in [0.15, 0.2) is 0 Å². The molecule has 0 aromatic rings. The topological polar surface area (TPSA) is 44.8 Å². The van der Waals surface area contributed by atoms with Gasteiger partial charge in [-0.1, -0.05) is 0 Å². The summed E-state index contributed by atoms with van der Waals surface area (Å²) in [5.74, 6) is 0.0167. The summed E-state index contributed by atoms with van der Waals surface area (Å²) in [7, 11) is 1.46. The minimum absolute atomic E-state index is 0.0696. The second-order valence-electron chi connectivity index (χ2n) is 4.42. The van der Waals surface area contributed by atoms with Crippen molar-refractivity contribution in [2.75, 3.05) is 26.9 Å². The van der Waals surface area contributed by atoms with E-state index in [0.717, 1.165) is 51.9 Å². The Morgan fingerprint density at radius 2 is 1.88 bits per heavy atom. The molecule has 0 aliphatic heterocycles. The first-order valence-electron chi connectivity index (χ1n) is 6.55. The van der Waals surface area contributed by atoms with Gasteiger partial charge in [-0.3, -0.25) is 4.79 Å². The highest BCUT2D eigenvalue weighted by Crippen LogP contribution is 2.27. The first-order valence-corrected chi connectivity index (χ1v) is 6.55. The van der Waals surface area contributed by atoms with Crippen molar-refractivity contribution in [3.05, 3.63) is 0 Å². The lowest BCUT2D eigenvalue weighted by atomic mass is 9.87. The van der Waals surface area contributed by atoms with Crippen LogP contribution in [-0.2, 0) is 19.0 Å². The average Bonchev–Trinajstić information content (AvgIpc) is 2.38. The number of hydrogen-bond donors (Lipinski definition) is 0. The summed E-state index contributed by atoms with van der Waals surface area (Å²) in [6.45, 7) is 4.29. The van der Waals surface area contributed by atoms with Crippen molar-refractivity contribution in [3.63, 3.8) is 0 Å². The van der Waals surface area contributed by atoms with Gasteiger partial charge in [0.05, 0.1) is 19.1 Å². The van der Waals surface area contributed by atoms with E-state index in [1.54, 1.807) is 0 Å². The molecule has 1 aliphatic carbocycles. The van der Waals surface area contributed by atoms with Gasteiger partial charge in [0.1, 0.15) is 0 Å². The summed E-state index contributed by atoms with van der Waals surface area (Å²) in [4.78, 5) is 11.3. The fraction of sp³-hybridized carbons (Fsp3) is 0.923. The molecule has 0 spiro atoms.